The molecule has 2 atom stereocenters. The van der Waals surface area contributed by atoms with Crippen molar-refractivity contribution in [1.82, 2.24) is 10.6 Å². The van der Waals surface area contributed by atoms with Gasteiger partial charge in [-0.2, -0.15) is 0 Å². The average molecular weight is 324 g/mol. The minimum atomic E-state index is -0.411. The van der Waals surface area contributed by atoms with Gasteiger partial charge in [-0.05, 0) is 48.4 Å². The van der Waals surface area contributed by atoms with E-state index in [1.54, 1.807) is 6.07 Å². The maximum Gasteiger partial charge on any atom is 0.241 e. The maximum atomic E-state index is 14.0. The smallest absolute Gasteiger partial charge is 0.241 e. The van der Waals surface area contributed by atoms with Crippen molar-refractivity contribution in [2.24, 2.45) is 0 Å². The van der Waals surface area contributed by atoms with Crippen molar-refractivity contribution in [3.63, 3.8) is 0 Å². The van der Waals surface area contributed by atoms with Gasteiger partial charge in [0.05, 0.1) is 0 Å². The molecule has 2 aliphatic rings. The van der Waals surface area contributed by atoms with E-state index in [4.69, 9.17) is 0 Å². The van der Waals surface area contributed by atoms with Gasteiger partial charge in [0, 0.05) is 12.1 Å². The van der Waals surface area contributed by atoms with Crippen LogP contribution in [-0.2, 0) is 11.2 Å². The summed E-state index contributed by atoms with van der Waals surface area (Å²) in [7, 11) is 0. The third-order valence-corrected chi connectivity index (χ3v) is 4.90. The Balaban J connectivity index is 1.59. The van der Waals surface area contributed by atoms with Gasteiger partial charge in [-0.15, -0.1) is 0 Å². The molecule has 0 saturated heterocycles. The first kappa shape index (κ1) is 15.3. The SMILES string of the molecule is O=C(NC1CC1)[C@@H](N[C@H]1CCc2c(F)cccc21)c1ccccc1. The fourth-order valence-electron chi connectivity index (χ4n) is 3.46. The molecule has 2 aliphatic carbocycles. The Labute approximate surface area is 141 Å². The minimum absolute atomic E-state index is 0.00543. The van der Waals surface area contributed by atoms with Crippen molar-refractivity contribution in [2.75, 3.05) is 0 Å². The van der Waals surface area contributed by atoms with Crippen LogP contribution in [0.5, 0.6) is 0 Å². The molecule has 1 fully saturated rings. The monoisotopic (exact) mass is 324 g/mol. The molecule has 1 saturated carbocycles. The van der Waals surface area contributed by atoms with E-state index in [1.807, 2.05) is 36.4 Å². The lowest BCUT2D eigenvalue weighted by atomic mass is 10.0. The van der Waals surface area contributed by atoms with Gasteiger partial charge in [0.25, 0.3) is 0 Å². The molecule has 0 aliphatic heterocycles. The summed E-state index contributed by atoms with van der Waals surface area (Å²) in [5.41, 5.74) is 2.71. The summed E-state index contributed by atoms with van der Waals surface area (Å²) >= 11 is 0. The second-order valence-corrected chi connectivity index (χ2v) is 6.69. The van der Waals surface area contributed by atoms with Crippen molar-refractivity contribution in [3.8, 4) is 0 Å². The van der Waals surface area contributed by atoms with E-state index in [2.05, 4.69) is 10.6 Å². The number of carbonyl (C=O) groups excluding carboxylic acids is 1. The van der Waals surface area contributed by atoms with Crippen LogP contribution in [0.2, 0.25) is 0 Å². The lowest BCUT2D eigenvalue weighted by molar-refractivity contribution is -0.123. The first-order valence-electron chi connectivity index (χ1n) is 8.61. The second kappa shape index (κ2) is 6.36. The number of rotatable bonds is 5. The lowest BCUT2D eigenvalue weighted by Crippen LogP contribution is -2.39. The van der Waals surface area contributed by atoms with Crippen molar-refractivity contribution >= 4 is 5.91 Å². The van der Waals surface area contributed by atoms with Gasteiger partial charge in [0.15, 0.2) is 0 Å². The number of carbonyl (C=O) groups is 1. The predicted octanol–water partition coefficient (Wildman–Crippen LogP) is 3.42. The van der Waals surface area contributed by atoms with Crippen LogP contribution in [0.3, 0.4) is 0 Å². The molecule has 0 unspecified atom stereocenters. The van der Waals surface area contributed by atoms with E-state index in [1.165, 1.54) is 6.07 Å². The fraction of sp³-hybridized carbons (Fsp3) is 0.350. The molecule has 4 rings (SSSR count). The molecule has 0 spiro atoms. The van der Waals surface area contributed by atoms with Gasteiger partial charge >= 0.3 is 0 Å². The third-order valence-electron chi connectivity index (χ3n) is 4.90. The summed E-state index contributed by atoms with van der Waals surface area (Å²) in [4.78, 5) is 12.7. The second-order valence-electron chi connectivity index (χ2n) is 6.69. The molecule has 3 nitrogen and oxygen atoms in total. The van der Waals surface area contributed by atoms with Gasteiger partial charge in [0.1, 0.15) is 11.9 Å². The fourth-order valence-corrected chi connectivity index (χ4v) is 3.46. The average Bonchev–Trinajstić information content (AvgIpc) is 3.31. The Morgan fingerprint density at radius 3 is 2.58 bits per heavy atom. The maximum absolute atomic E-state index is 14.0. The molecule has 124 valence electrons. The topological polar surface area (TPSA) is 41.1 Å². The molecular weight excluding hydrogens is 303 g/mol. The van der Waals surface area contributed by atoms with Crippen molar-refractivity contribution < 1.29 is 9.18 Å². The van der Waals surface area contributed by atoms with Crippen molar-refractivity contribution in [2.45, 2.75) is 43.8 Å². The molecule has 1 amide bonds. The first-order chi connectivity index (χ1) is 11.7. The van der Waals surface area contributed by atoms with Crippen LogP contribution in [0.15, 0.2) is 48.5 Å². The Kier molecular flexibility index (Phi) is 4.07. The summed E-state index contributed by atoms with van der Waals surface area (Å²) in [5, 5.41) is 6.56. The van der Waals surface area contributed by atoms with Crippen LogP contribution in [0, 0.1) is 5.82 Å². The van der Waals surface area contributed by atoms with Crippen LogP contribution in [0.25, 0.3) is 0 Å². The van der Waals surface area contributed by atoms with E-state index in [0.717, 1.165) is 36.0 Å². The molecule has 2 N–H and O–H groups in total. The molecular formula is C20H21FN2O. The summed E-state index contributed by atoms with van der Waals surface area (Å²) in [6, 6.07) is 14.9. The molecule has 4 heteroatoms. The number of halogens is 1. The van der Waals surface area contributed by atoms with Crippen molar-refractivity contribution in [3.05, 3.63) is 71.0 Å². The van der Waals surface area contributed by atoms with Crippen LogP contribution in [0.1, 0.15) is 48.0 Å². The Morgan fingerprint density at radius 1 is 1.04 bits per heavy atom. The Morgan fingerprint density at radius 2 is 1.83 bits per heavy atom. The normalized spacial score (nSPS) is 20.5. The zero-order valence-corrected chi connectivity index (χ0v) is 13.5. The highest BCUT2D eigenvalue weighted by molar-refractivity contribution is 5.83. The molecule has 24 heavy (non-hydrogen) atoms. The van der Waals surface area contributed by atoms with Crippen molar-refractivity contribution in [1.29, 1.82) is 0 Å². The molecule has 2 aromatic carbocycles. The number of amides is 1. The molecule has 0 radical (unpaired) electrons. The molecule has 0 bridgehead atoms. The number of hydrogen-bond donors (Lipinski definition) is 2. The Bertz CT molecular complexity index is 743. The highest BCUT2D eigenvalue weighted by atomic mass is 19.1. The molecule has 0 heterocycles. The largest absolute Gasteiger partial charge is 0.352 e. The predicted molar refractivity (Wildman–Crippen MR) is 90.9 cm³/mol. The van der Waals surface area contributed by atoms with E-state index in [-0.39, 0.29) is 17.8 Å². The number of nitrogens with one attached hydrogen (secondary N) is 2. The van der Waals surface area contributed by atoms with Crippen LogP contribution >= 0.6 is 0 Å². The zero-order chi connectivity index (χ0) is 16.5. The van der Waals surface area contributed by atoms with Gasteiger partial charge in [0.2, 0.25) is 5.91 Å². The first-order valence-corrected chi connectivity index (χ1v) is 8.61. The number of benzene rings is 2. The van der Waals surface area contributed by atoms with Gasteiger partial charge in [-0.25, -0.2) is 4.39 Å². The summed E-state index contributed by atoms with van der Waals surface area (Å²) in [6.45, 7) is 0. The van der Waals surface area contributed by atoms with E-state index < -0.39 is 6.04 Å². The summed E-state index contributed by atoms with van der Waals surface area (Å²) in [6.07, 6.45) is 3.65. The summed E-state index contributed by atoms with van der Waals surface area (Å²) in [5.74, 6) is -0.135. The van der Waals surface area contributed by atoms with E-state index in [0.29, 0.717) is 12.5 Å². The standard InChI is InChI=1S/C20H21FN2O/c21-17-8-4-7-16-15(17)11-12-18(16)23-19(13-5-2-1-3-6-13)20(24)22-14-9-10-14/h1-8,14,18-19,23H,9-12H2,(H,22,24)/t18-,19-/m0/s1. The van der Waals surface area contributed by atoms with Crippen LogP contribution in [0.4, 0.5) is 4.39 Å². The van der Waals surface area contributed by atoms with E-state index >= 15 is 0 Å². The van der Waals surface area contributed by atoms with Gasteiger partial charge in [-0.3, -0.25) is 10.1 Å². The summed E-state index contributed by atoms with van der Waals surface area (Å²) < 4.78 is 14.0. The van der Waals surface area contributed by atoms with E-state index in [9.17, 15) is 9.18 Å². The highest BCUT2D eigenvalue weighted by Gasteiger charge is 2.32. The minimum Gasteiger partial charge on any atom is -0.352 e. The zero-order valence-electron chi connectivity index (χ0n) is 13.5. The third kappa shape index (κ3) is 3.06. The Hall–Kier alpha value is -2.20. The highest BCUT2D eigenvalue weighted by Crippen LogP contribution is 2.34. The van der Waals surface area contributed by atoms with Crippen LogP contribution < -0.4 is 10.6 Å². The quantitative estimate of drug-likeness (QED) is 0.885. The van der Waals surface area contributed by atoms with Gasteiger partial charge < -0.3 is 5.32 Å². The molecule has 0 aromatic heterocycles. The lowest BCUT2D eigenvalue weighted by Gasteiger charge is -2.23. The molecule has 2 aromatic rings. The number of hydrogen-bond acceptors (Lipinski definition) is 2. The number of fused-ring (bicyclic) bond motifs is 1. The van der Waals surface area contributed by atoms with Crippen LogP contribution in [-0.4, -0.2) is 11.9 Å². The van der Waals surface area contributed by atoms with Gasteiger partial charge in [-0.1, -0.05) is 42.5 Å².